The van der Waals surface area contributed by atoms with Crippen LogP contribution in [0.1, 0.15) is 59.3 Å². The normalized spacial score (nSPS) is 13.6. The van der Waals surface area contributed by atoms with E-state index < -0.39 is 0 Å². The Morgan fingerprint density at radius 3 is 2.35 bits per heavy atom. The van der Waals surface area contributed by atoms with Gasteiger partial charge in [0, 0.05) is 19.0 Å². The smallest absolute Gasteiger partial charge is 0.220 e. The van der Waals surface area contributed by atoms with Gasteiger partial charge in [-0.3, -0.25) is 4.79 Å². The molecule has 3 N–H and O–H groups in total. The third-order valence-electron chi connectivity index (χ3n) is 2.87. The van der Waals surface area contributed by atoms with Crippen LogP contribution in [0.15, 0.2) is 0 Å². The van der Waals surface area contributed by atoms with E-state index in [0.29, 0.717) is 18.9 Å². The number of amides is 1. The zero-order valence-corrected chi connectivity index (χ0v) is 12.3. The second kappa shape index (κ2) is 12.2. The molecule has 1 amide bonds. The molecule has 3 nitrogen and oxygen atoms in total. The molecule has 104 valence electrons. The lowest BCUT2D eigenvalue weighted by atomic mass is 10.0. The summed E-state index contributed by atoms with van der Waals surface area (Å²) in [5.41, 5.74) is 5.64. The van der Waals surface area contributed by atoms with E-state index >= 15 is 0 Å². The highest BCUT2D eigenvalue weighted by Gasteiger charge is 2.12. The Labute approximate surface area is 112 Å². The first-order valence-corrected chi connectivity index (χ1v) is 6.63. The Balaban J connectivity index is 0. The summed E-state index contributed by atoms with van der Waals surface area (Å²) in [7, 11) is 0. The molecule has 0 radical (unpaired) electrons. The highest BCUT2D eigenvalue weighted by atomic mass is 35.5. The molecule has 0 fully saturated rings. The van der Waals surface area contributed by atoms with Crippen LogP contribution < -0.4 is 11.1 Å². The number of hydrogen-bond donors (Lipinski definition) is 2. The van der Waals surface area contributed by atoms with Crippen LogP contribution in [0.4, 0.5) is 0 Å². The van der Waals surface area contributed by atoms with Crippen molar-refractivity contribution in [3.05, 3.63) is 0 Å². The van der Waals surface area contributed by atoms with Crippen LogP contribution in [0.5, 0.6) is 0 Å². The molecule has 0 aromatic heterocycles. The average Bonchev–Trinajstić information content (AvgIpc) is 2.24. The van der Waals surface area contributed by atoms with Crippen molar-refractivity contribution in [2.45, 2.75) is 65.3 Å². The van der Waals surface area contributed by atoms with Crippen molar-refractivity contribution in [1.82, 2.24) is 5.32 Å². The fraction of sp³-hybridized carbons (Fsp3) is 0.923. The number of rotatable bonds is 9. The van der Waals surface area contributed by atoms with Gasteiger partial charge in [-0.25, -0.2) is 0 Å². The second-order valence-corrected chi connectivity index (χ2v) is 4.74. The number of hydrogen-bond acceptors (Lipinski definition) is 2. The molecule has 2 atom stereocenters. The molecular weight excluding hydrogens is 236 g/mol. The molecule has 0 saturated heterocycles. The van der Waals surface area contributed by atoms with Gasteiger partial charge in [0.15, 0.2) is 0 Å². The van der Waals surface area contributed by atoms with Crippen LogP contribution >= 0.6 is 12.4 Å². The molecule has 0 aliphatic carbocycles. The van der Waals surface area contributed by atoms with Crippen LogP contribution in [-0.2, 0) is 4.79 Å². The first kappa shape index (κ1) is 19.1. The van der Waals surface area contributed by atoms with E-state index in [1.54, 1.807) is 0 Å². The standard InChI is InChI=1S/C13H28N2O.ClH/c1-4-6-8-12(10-14)15-13(16)9-11(3)7-5-2;/h11-12H,4-10,14H2,1-3H3,(H,15,16);1H. The van der Waals surface area contributed by atoms with Crippen molar-refractivity contribution < 1.29 is 4.79 Å². The highest BCUT2D eigenvalue weighted by molar-refractivity contribution is 5.85. The lowest BCUT2D eigenvalue weighted by molar-refractivity contribution is -0.122. The molecule has 0 heterocycles. The van der Waals surface area contributed by atoms with E-state index in [1.165, 1.54) is 0 Å². The summed E-state index contributed by atoms with van der Waals surface area (Å²) in [6.07, 6.45) is 6.18. The van der Waals surface area contributed by atoms with Gasteiger partial charge in [0.1, 0.15) is 0 Å². The van der Waals surface area contributed by atoms with Gasteiger partial charge < -0.3 is 11.1 Å². The lowest BCUT2D eigenvalue weighted by Gasteiger charge is -2.18. The molecule has 0 rings (SSSR count). The quantitative estimate of drug-likeness (QED) is 0.673. The van der Waals surface area contributed by atoms with Gasteiger partial charge in [0.05, 0.1) is 0 Å². The van der Waals surface area contributed by atoms with Crippen molar-refractivity contribution in [1.29, 1.82) is 0 Å². The van der Waals surface area contributed by atoms with Gasteiger partial charge in [-0.15, -0.1) is 12.4 Å². The fourth-order valence-electron chi connectivity index (χ4n) is 1.90. The van der Waals surface area contributed by atoms with Crippen molar-refractivity contribution in [3.8, 4) is 0 Å². The third-order valence-corrected chi connectivity index (χ3v) is 2.87. The molecule has 0 aromatic carbocycles. The maximum atomic E-state index is 11.7. The number of carbonyl (C=O) groups is 1. The number of nitrogens with two attached hydrogens (primary N) is 1. The molecule has 17 heavy (non-hydrogen) atoms. The molecule has 0 aliphatic heterocycles. The molecule has 0 aliphatic rings. The van der Waals surface area contributed by atoms with Crippen LogP contribution in [0.3, 0.4) is 0 Å². The highest BCUT2D eigenvalue weighted by Crippen LogP contribution is 2.10. The predicted molar refractivity (Wildman–Crippen MR) is 76.4 cm³/mol. The monoisotopic (exact) mass is 264 g/mol. The zero-order chi connectivity index (χ0) is 12.4. The van der Waals surface area contributed by atoms with E-state index in [4.69, 9.17) is 5.73 Å². The second-order valence-electron chi connectivity index (χ2n) is 4.74. The Morgan fingerprint density at radius 1 is 1.24 bits per heavy atom. The third kappa shape index (κ3) is 10.6. The van der Waals surface area contributed by atoms with E-state index in [0.717, 1.165) is 32.1 Å². The van der Waals surface area contributed by atoms with Crippen LogP contribution in [0.2, 0.25) is 0 Å². The minimum Gasteiger partial charge on any atom is -0.352 e. The Bertz CT molecular complexity index is 188. The summed E-state index contributed by atoms with van der Waals surface area (Å²) in [5.74, 6) is 0.641. The minimum atomic E-state index is 0. The number of carbonyl (C=O) groups excluding carboxylic acids is 1. The van der Waals surface area contributed by atoms with Crippen molar-refractivity contribution in [2.24, 2.45) is 11.7 Å². The molecule has 4 heteroatoms. The maximum Gasteiger partial charge on any atom is 0.220 e. The minimum absolute atomic E-state index is 0. The topological polar surface area (TPSA) is 55.1 Å². The Kier molecular flexibility index (Phi) is 13.7. The van der Waals surface area contributed by atoms with E-state index in [2.05, 4.69) is 26.1 Å². The largest absolute Gasteiger partial charge is 0.352 e. The first-order valence-electron chi connectivity index (χ1n) is 6.63. The van der Waals surface area contributed by atoms with E-state index in [9.17, 15) is 4.79 Å². The van der Waals surface area contributed by atoms with E-state index in [-0.39, 0.29) is 24.4 Å². The zero-order valence-electron chi connectivity index (χ0n) is 11.5. The van der Waals surface area contributed by atoms with Crippen molar-refractivity contribution in [2.75, 3.05) is 6.54 Å². The van der Waals surface area contributed by atoms with Crippen LogP contribution in [-0.4, -0.2) is 18.5 Å². The molecule has 0 saturated carbocycles. The molecule has 0 spiro atoms. The number of nitrogens with one attached hydrogen (secondary N) is 1. The summed E-state index contributed by atoms with van der Waals surface area (Å²) < 4.78 is 0. The summed E-state index contributed by atoms with van der Waals surface area (Å²) in [5, 5.41) is 3.03. The molecule has 0 bridgehead atoms. The van der Waals surface area contributed by atoms with Gasteiger partial charge in [-0.05, 0) is 12.3 Å². The van der Waals surface area contributed by atoms with Crippen molar-refractivity contribution >= 4 is 18.3 Å². The Hall–Kier alpha value is -0.280. The maximum absolute atomic E-state index is 11.7. The van der Waals surface area contributed by atoms with Gasteiger partial charge >= 0.3 is 0 Å². The number of unbranched alkanes of at least 4 members (excludes halogenated alkanes) is 1. The van der Waals surface area contributed by atoms with Gasteiger partial charge in [0.2, 0.25) is 5.91 Å². The molecular formula is C13H29ClN2O. The molecule has 0 aromatic rings. The SMILES string of the molecule is CCCCC(CN)NC(=O)CC(C)CCC.Cl. The van der Waals surface area contributed by atoms with Crippen molar-refractivity contribution in [3.63, 3.8) is 0 Å². The van der Waals surface area contributed by atoms with Crippen LogP contribution in [0.25, 0.3) is 0 Å². The average molecular weight is 265 g/mol. The first-order chi connectivity index (χ1) is 7.63. The van der Waals surface area contributed by atoms with E-state index in [1.807, 2.05) is 0 Å². The van der Waals surface area contributed by atoms with Gasteiger partial charge in [-0.1, -0.05) is 46.5 Å². The summed E-state index contributed by atoms with van der Waals surface area (Å²) >= 11 is 0. The van der Waals surface area contributed by atoms with Gasteiger partial charge in [-0.2, -0.15) is 0 Å². The summed E-state index contributed by atoms with van der Waals surface area (Å²) in [6, 6.07) is 0.168. The predicted octanol–water partition coefficient (Wildman–Crippen LogP) is 2.87. The molecule has 2 unspecified atom stereocenters. The Morgan fingerprint density at radius 2 is 1.88 bits per heavy atom. The summed E-state index contributed by atoms with van der Waals surface area (Å²) in [4.78, 5) is 11.7. The number of halogens is 1. The van der Waals surface area contributed by atoms with Gasteiger partial charge in [0.25, 0.3) is 0 Å². The lowest BCUT2D eigenvalue weighted by Crippen LogP contribution is -2.40. The summed E-state index contributed by atoms with van der Waals surface area (Å²) in [6.45, 7) is 6.98. The fourth-order valence-corrected chi connectivity index (χ4v) is 1.90. The van der Waals surface area contributed by atoms with Crippen LogP contribution in [0, 0.1) is 5.92 Å².